The quantitative estimate of drug-likeness (QED) is 0.154. The molecule has 0 saturated carbocycles. The van der Waals surface area contributed by atoms with Gasteiger partial charge in [-0.25, -0.2) is 0 Å². The van der Waals surface area contributed by atoms with Crippen LogP contribution in [0.1, 0.15) is 31.9 Å². The molecule has 0 radical (unpaired) electrons. The molecule has 61 heavy (non-hydrogen) atoms. The number of hydrogen-bond acceptors (Lipinski definition) is 1. The van der Waals surface area contributed by atoms with E-state index in [4.69, 9.17) is 4.42 Å². The zero-order valence-corrected chi connectivity index (χ0v) is 34.4. The van der Waals surface area contributed by atoms with Crippen LogP contribution in [-0.2, 0) is 5.41 Å². The van der Waals surface area contributed by atoms with E-state index in [0.29, 0.717) is 0 Å². The first kappa shape index (κ1) is 35.3. The second-order valence-corrected chi connectivity index (χ2v) is 16.9. The molecule has 3 heteroatoms. The van der Waals surface area contributed by atoms with Crippen molar-refractivity contribution < 1.29 is 4.42 Å². The molecule has 0 amide bonds. The summed E-state index contributed by atoms with van der Waals surface area (Å²) in [5.41, 5.74) is 18.6. The molecule has 0 spiro atoms. The Morgan fingerprint density at radius 3 is 1.84 bits per heavy atom. The largest absolute Gasteiger partial charge is 0.455 e. The highest BCUT2D eigenvalue weighted by Gasteiger charge is 2.38. The number of nitrogens with zero attached hydrogens (tertiary/aromatic N) is 2. The first-order valence-corrected chi connectivity index (χ1v) is 21.2. The third-order valence-electron chi connectivity index (χ3n) is 13.3. The summed E-state index contributed by atoms with van der Waals surface area (Å²) in [5.74, 6) is 0. The van der Waals surface area contributed by atoms with E-state index in [1.165, 1.54) is 93.5 Å². The first-order chi connectivity index (χ1) is 29.9. The van der Waals surface area contributed by atoms with E-state index in [1.807, 2.05) is 18.2 Å². The predicted molar refractivity (Wildman–Crippen MR) is 259 cm³/mol. The van der Waals surface area contributed by atoms with Gasteiger partial charge >= 0.3 is 0 Å². The van der Waals surface area contributed by atoms with Gasteiger partial charge in [0.25, 0.3) is 0 Å². The molecule has 11 aromatic rings. The molecule has 3 nitrogen and oxygen atoms in total. The van der Waals surface area contributed by atoms with Crippen LogP contribution in [0.3, 0.4) is 0 Å². The normalized spacial score (nSPS) is 13.7. The lowest BCUT2D eigenvalue weighted by atomic mass is 9.81. The molecular formula is C58H42N2O. The number of fused-ring (bicyclic) bond motifs is 13. The number of rotatable bonds is 6. The minimum atomic E-state index is -0.185. The van der Waals surface area contributed by atoms with Gasteiger partial charge in [0.2, 0.25) is 0 Å². The van der Waals surface area contributed by atoms with Gasteiger partial charge in [-0.3, -0.25) is 0 Å². The van der Waals surface area contributed by atoms with E-state index in [0.717, 1.165) is 27.9 Å². The topological polar surface area (TPSA) is 23.0 Å². The Kier molecular flexibility index (Phi) is 7.64. The van der Waals surface area contributed by atoms with Crippen LogP contribution >= 0.6 is 0 Å². The summed E-state index contributed by atoms with van der Waals surface area (Å²) < 4.78 is 11.3. The average Bonchev–Trinajstić information content (AvgIpc) is 4.01. The highest BCUT2D eigenvalue weighted by atomic mass is 16.3. The Hall–Kier alpha value is -7.62. The van der Waals surface area contributed by atoms with Crippen LogP contribution in [-0.4, -0.2) is 9.13 Å². The van der Waals surface area contributed by atoms with Crippen molar-refractivity contribution >= 4 is 71.2 Å². The second kappa shape index (κ2) is 13.2. The van der Waals surface area contributed by atoms with Gasteiger partial charge in [-0.15, -0.1) is 0 Å². The van der Waals surface area contributed by atoms with Crippen LogP contribution in [0.5, 0.6) is 0 Å². The van der Waals surface area contributed by atoms with Crippen LogP contribution in [0.15, 0.2) is 199 Å². The fraction of sp³-hybridized carbons (Fsp3) is 0.0690. The monoisotopic (exact) mass is 782 g/mol. The van der Waals surface area contributed by atoms with Gasteiger partial charge in [0, 0.05) is 54.7 Å². The summed E-state index contributed by atoms with van der Waals surface area (Å²) >= 11 is 0. The minimum Gasteiger partial charge on any atom is -0.455 e. The van der Waals surface area contributed by atoms with Crippen molar-refractivity contribution in [2.24, 2.45) is 0 Å². The van der Waals surface area contributed by atoms with Crippen LogP contribution < -0.4 is 0 Å². The van der Waals surface area contributed by atoms with Crippen molar-refractivity contribution in [2.45, 2.75) is 26.2 Å². The molecule has 1 aliphatic carbocycles. The van der Waals surface area contributed by atoms with E-state index < -0.39 is 0 Å². The maximum absolute atomic E-state index is 6.59. The summed E-state index contributed by atoms with van der Waals surface area (Å²) in [6, 6.07) is 60.2. The molecule has 12 rings (SSSR count). The van der Waals surface area contributed by atoms with Gasteiger partial charge in [-0.05, 0) is 119 Å². The lowest BCUT2D eigenvalue weighted by Crippen LogP contribution is -2.14. The number of aromatic nitrogens is 2. The maximum atomic E-state index is 6.59. The number of benzene rings is 8. The summed E-state index contributed by atoms with van der Waals surface area (Å²) in [4.78, 5) is 0. The second-order valence-electron chi connectivity index (χ2n) is 16.9. The molecule has 0 saturated heterocycles. The van der Waals surface area contributed by atoms with E-state index in [2.05, 4.69) is 206 Å². The standard InChI is InChI=1S/C58H42N2O/c1-5-7-15-40(6-2)59-53-30-24-37(36-23-29-52-46(32-36)42-18-11-13-20-51(42)60(52)41-16-9-8-10-17-41)33-47(53)48-34-38(25-31-54(48)59)39-22-26-45-50(35-39)58(3,4)49-28-27-44-43-19-12-14-21-55(43)61-57(44)56(45)49/h5-35H,1H2,2-4H3/b15-7-,40-6+. The molecular weight excluding hydrogens is 741 g/mol. The molecule has 1 aliphatic rings. The smallest absolute Gasteiger partial charge is 0.143 e. The molecule has 0 unspecified atom stereocenters. The van der Waals surface area contributed by atoms with Gasteiger partial charge < -0.3 is 13.6 Å². The Morgan fingerprint density at radius 1 is 0.541 bits per heavy atom. The summed E-state index contributed by atoms with van der Waals surface area (Å²) in [5, 5.41) is 7.26. The van der Waals surface area contributed by atoms with Crippen molar-refractivity contribution in [3.05, 3.63) is 206 Å². The Morgan fingerprint density at radius 2 is 1.13 bits per heavy atom. The van der Waals surface area contributed by atoms with Gasteiger partial charge in [0.15, 0.2) is 0 Å². The third-order valence-corrected chi connectivity index (χ3v) is 13.3. The summed E-state index contributed by atoms with van der Waals surface area (Å²) in [6.07, 6.45) is 8.17. The van der Waals surface area contributed by atoms with E-state index in [-0.39, 0.29) is 5.41 Å². The third kappa shape index (κ3) is 5.10. The number of hydrogen-bond donors (Lipinski definition) is 0. The summed E-state index contributed by atoms with van der Waals surface area (Å²) in [6.45, 7) is 10.8. The fourth-order valence-electron chi connectivity index (χ4n) is 10.3. The SMILES string of the molecule is C=C/C=C\C(=C/C)n1c2ccc(-c3ccc4c(c3)C(C)(C)c3ccc5c(oc6ccccc65)c3-4)cc2c2cc(-c3ccc4c(c3)c3ccccc3n4-c3ccccc3)ccc21. The molecule has 0 N–H and O–H groups in total. The van der Waals surface area contributed by atoms with Gasteiger partial charge in [-0.2, -0.15) is 0 Å². The molecule has 3 aromatic heterocycles. The molecule has 8 aromatic carbocycles. The van der Waals surface area contributed by atoms with Crippen molar-refractivity contribution in [1.29, 1.82) is 0 Å². The number of furan rings is 1. The molecule has 0 bridgehead atoms. The molecule has 0 atom stereocenters. The van der Waals surface area contributed by atoms with Gasteiger partial charge in [0.1, 0.15) is 11.2 Å². The van der Waals surface area contributed by atoms with Crippen molar-refractivity contribution in [3.8, 4) is 39.1 Å². The fourth-order valence-corrected chi connectivity index (χ4v) is 10.3. The van der Waals surface area contributed by atoms with Crippen LogP contribution in [0.4, 0.5) is 0 Å². The Balaban J connectivity index is 1.03. The first-order valence-electron chi connectivity index (χ1n) is 21.2. The average molecular weight is 783 g/mol. The van der Waals surface area contributed by atoms with Crippen molar-refractivity contribution in [1.82, 2.24) is 9.13 Å². The lowest BCUT2D eigenvalue weighted by molar-refractivity contribution is 0.653. The molecule has 290 valence electrons. The van der Waals surface area contributed by atoms with Crippen molar-refractivity contribution in [3.63, 3.8) is 0 Å². The van der Waals surface area contributed by atoms with Gasteiger partial charge in [0.05, 0.1) is 22.1 Å². The highest BCUT2D eigenvalue weighted by Crippen LogP contribution is 2.53. The number of para-hydroxylation sites is 3. The van der Waals surface area contributed by atoms with Crippen molar-refractivity contribution in [2.75, 3.05) is 0 Å². The zero-order valence-electron chi connectivity index (χ0n) is 34.4. The minimum absolute atomic E-state index is 0.185. The van der Waals surface area contributed by atoms with E-state index >= 15 is 0 Å². The van der Waals surface area contributed by atoms with E-state index in [1.54, 1.807) is 0 Å². The Labute approximate surface area is 354 Å². The number of allylic oxidation sites excluding steroid dienone is 5. The molecule has 0 fully saturated rings. The predicted octanol–water partition coefficient (Wildman–Crippen LogP) is 16.0. The Bertz CT molecular complexity index is 3690. The molecule has 0 aliphatic heterocycles. The van der Waals surface area contributed by atoms with Crippen LogP contribution in [0.2, 0.25) is 0 Å². The van der Waals surface area contributed by atoms with Crippen LogP contribution in [0, 0.1) is 0 Å². The highest BCUT2D eigenvalue weighted by molar-refractivity contribution is 6.15. The van der Waals surface area contributed by atoms with Gasteiger partial charge in [-0.1, -0.05) is 136 Å². The zero-order chi connectivity index (χ0) is 41.0. The molecule has 3 heterocycles. The lowest BCUT2D eigenvalue weighted by Gasteiger charge is -2.22. The summed E-state index contributed by atoms with van der Waals surface area (Å²) in [7, 11) is 0. The maximum Gasteiger partial charge on any atom is 0.143 e. The van der Waals surface area contributed by atoms with Crippen LogP contribution in [0.25, 0.3) is 110 Å². The van der Waals surface area contributed by atoms with E-state index in [9.17, 15) is 0 Å².